The van der Waals surface area contributed by atoms with Gasteiger partial charge in [0.05, 0.1) is 5.41 Å². The number of carbonyl (C=O) groups is 2. The Labute approximate surface area is 148 Å². The molecule has 0 saturated heterocycles. The van der Waals surface area contributed by atoms with Crippen LogP contribution in [0.2, 0.25) is 0 Å². The summed E-state index contributed by atoms with van der Waals surface area (Å²) in [6.07, 6.45) is 8.90. The highest BCUT2D eigenvalue weighted by molar-refractivity contribution is 6.14. The van der Waals surface area contributed by atoms with Crippen molar-refractivity contribution in [3.05, 3.63) is 0 Å². The minimum Gasteiger partial charge on any atom is -0.481 e. The number of aliphatic hydroxyl groups is 1. The zero-order valence-corrected chi connectivity index (χ0v) is 15.9. The van der Waals surface area contributed by atoms with Crippen LogP contribution in [0.5, 0.6) is 0 Å². The molecule has 24 heavy (non-hydrogen) atoms. The quantitative estimate of drug-likeness (QED) is 0.284. The fraction of sp³-hybridized carbons (Fsp3) is 0.895. The van der Waals surface area contributed by atoms with Crippen LogP contribution in [0.15, 0.2) is 0 Å². The summed E-state index contributed by atoms with van der Waals surface area (Å²) >= 11 is 0. The van der Waals surface area contributed by atoms with E-state index in [9.17, 15) is 14.7 Å². The van der Waals surface area contributed by atoms with Crippen molar-refractivity contribution in [2.45, 2.75) is 97.4 Å². The van der Waals surface area contributed by atoms with E-state index in [1.165, 1.54) is 0 Å². The van der Waals surface area contributed by atoms with Gasteiger partial charge in [-0.1, -0.05) is 52.4 Å². The first kappa shape index (κ1) is 23.2. The van der Waals surface area contributed by atoms with E-state index in [1.54, 1.807) is 13.8 Å². The number of hydrogen-bond donors (Lipinski definition) is 2. The lowest BCUT2D eigenvalue weighted by Gasteiger charge is -2.25. The van der Waals surface area contributed by atoms with E-state index >= 15 is 0 Å². The van der Waals surface area contributed by atoms with Gasteiger partial charge in [-0.05, 0) is 39.5 Å². The molecule has 2 N–H and O–H groups in total. The number of aliphatic carboxylic acids is 1. The lowest BCUT2D eigenvalue weighted by atomic mass is 9.73. The van der Waals surface area contributed by atoms with Crippen molar-refractivity contribution in [1.82, 2.24) is 0 Å². The normalized spacial score (nSPS) is 15.0. The molecule has 0 rings (SSSR count). The van der Waals surface area contributed by atoms with Gasteiger partial charge >= 0.3 is 5.97 Å². The van der Waals surface area contributed by atoms with Gasteiger partial charge in [0, 0.05) is 10.9 Å². The summed E-state index contributed by atoms with van der Waals surface area (Å²) in [6, 6.07) is 0. The molecule has 0 aromatic carbocycles. The Morgan fingerprint density at radius 2 is 1.29 bits per heavy atom. The number of hydrogen-bond acceptors (Lipinski definition) is 3. The van der Waals surface area contributed by atoms with Crippen LogP contribution >= 0.6 is 0 Å². The van der Waals surface area contributed by atoms with E-state index in [-0.39, 0.29) is 5.41 Å². The largest absolute Gasteiger partial charge is 0.481 e. The maximum atomic E-state index is 11.0. The van der Waals surface area contributed by atoms with Crippen LogP contribution in [0.1, 0.15) is 91.9 Å². The van der Waals surface area contributed by atoms with Crippen molar-refractivity contribution in [2.75, 3.05) is 0 Å². The molecule has 0 spiro atoms. The van der Waals surface area contributed by atoms with E-state index in [0.29, 0.717) is 19.3 Å². The van der Waals surface area contributed by atoms with E-state index in [2.05, 4.69) is 0 Å². The molecule has 4 nitrogen and oxygen atoms in total. The second-order valence-corrected chi connectivity index (χ2v) is 8.52. The Kier molecular flexibility index (Phi) is 9.87. The molecule has 138 valence electrons. The third kappa shape index (κ3) is 10.8. The molecular weight excluding hydrogens is 303 g/mol. The highest BCUT2D eigenvalue weighted by Crippen LogP contribution is 2.26. The molecule has 0 aliphatic carbocycles. The van der Waals surface area contributed by atoms with E-state index in [1.807, 2.05) is 13.8 Å². The molecule has 5 heteroatoms. The molecule has 1 unspecified atom stereocenters. The van der Waals surface area contributed by atoms with Crippen molar-refractivity contribution in [2.24, 2.45) is 10.8 Å². The molecule has 0 bridgehead atoms. The van der Waals surface area contributed by atoms with Crippen LogP contribution in [-0.2, 0) is 9.59 Å². The highest BCUT2D eigenvalue weighted by atomic mass is 16.4. The van der Waals surface area contributed by atoms with Crippen LogP contribution in [-0.4, -0.2) is 35.8 Å². The van der Waals surface area contributed by atoms with Crippen molar-refractivity contribution < 1.29 is 19.8 Å². The Morgan fingerprint density at radius 1 is 0.875 bits per heavy atom. The minimum atomic E-state index is -1.14. The molecule has 0 aromatic rings. The number of aldehydes is 1. The molecule has 0 aliphatic heterocycles. The topological polar surface area (TPSA) is 74.6 Å². The Bertz CT molecular complexity index is 389. The molecule has 0 aromatic heterocycles. The zero-order valence-electron chi connectivity index (χ0n) is 15.9. The first-order valence-corrected chi connectivity index (χ1v) is 9.13. The van der Waals surface area contributed by atoms with Crippen molar-refractivity contribution in [1.29, 1.82) is 0 Å². The smallest absolute Gasteiger partial charge is 0.309 e. The fourth-order valence-electron chi connectivity index (χ4n) is 2.65. The van der Waals surface area contributed by atoms with Crippen LogP contribution in [0.25, 0.3) is 0 Å². The summed E-state index contributed by atoms with van der Waals surface area (Å²) in [5.41, 5.74) is -2.08. The maximum Gasteiger partial charge on any atom is 0.309 e. The summed E-state index contributed by atoms with van der Waals surface area (Å²) in [4.78, 5) is 21.8. The fourth-order valence-corrected chi connectivity index (χ4v) is 2.65. The lowest BCUT2D eigenvalue weighted by Crippen LogP contribution is -2.28. The van der Waals surface area contributed by atoms with Gasteiger partial charge in [0.1, 0.15) is 14.1 Å². The standard InChI is InChI=1S/C19H35BO4/c1-17(2,15-21)11-7-5-9-13-19(20,24)14-10-6-8-12-18(3,4)16(22)23/h15,24H,5-14H2,1-4H3,(H,22,23). The van der Waals surface area contributed by atoms with Crippen molar-refractivity contribution >= 4 is 20.1 Å². The van der Waals surface area contributed by atoms with Gasteiger partial charge in [-0.25, -0.2) is 0 Å². The summed E-state index contributed by atoms with van der Waals surface area (Å²) in [5.74, 6) is -0.768. The molecule has 0 fully saturated rings. The van der Waals surface area contributed by atoms with Gasteiger partial charge in [0.2, 0.25) is 0 Å². The maximum absolute atomic E-state index is 11.0. The predicted molar refractivity (Wildman–Crippen MR) is 98.1 cm³/mol. The van der Waals surface area contributed by atoms with E-state index in [4.69, 9.17) is 13.0 Å². The van der Waals surface area contributed by atoms with Crippen molar-refractivity contribution in [3.8, 4) is 0 Å². The van der Waals surface area contributed by atoms with Crippen LogP contribution in [0, 0.1) is 10.8 Å². The number of carboxylic acids is 1. The molecule has 0 amide bonds. The van der Waals surface area contributed by atoms with E-state index < -0.39 is 16.9 Å². The van der Waals surface area contributed by atoms with Gasteiger partial charge in [-0.3, -0.25) is 4.79 Å². The van der Waals surface area contributed by atoms with Crippen LogP contribution in [0.3, 0.4) is 0 Å². The first-order valence-electron chi connectivity index (χ1n) is 9.13. The summed E-state index contributed by atoms with van der Waals surface area (Å²) in [5, 5.41) is 19.2. The molecule has 0 heterocycles. The number of unbranched alkanes of at least 4 members (excludes halogenated alkanes) is 4. The van der Waals surface area contributed by atoms with E-state index in [0.717, 1.165) is 51.2 Å². The van der Waals surface area contributed by atoms with Gasteiger partial charge < -0.3 is 15.0 Å². The van der Waals surface area contributed by atoms with Crippen LogP contribution < -0.4 is 0 Å². The second kappa shape index (κ2) is 10.2. The monoisotopic (exact) mass is 338 g/mol. The Hall–Kier alpha value is -0.835. The van der Waals surface area contributed by atoms with Gasteiger partial charge in [-0.15, -0.1) is 0 Å². The molecule has 2 radical (unpaired) electrons. The van der Waals surface area contributed by atoms with Gasteiger partial charge in [0.25, 0.3) is 0 Å². The number of carbonyl (C=O) groups excluding carboxylic acids is 1. The summed E-state index contributed by atoms with van der Waals surface area (Å²) in [7, 11) is 5.93. The average Bonchev–Trinajstić information content (AvgIpc) is 2.46. The van der Waals surface area contributed by atoms with Crippen LogP contribution in [0.4, 0.5) is 0 Å². The van der Waals surface area contributed by atoms with Gasteiger partial charge in [-0.2, -0.15) is 0 Å². The highest BCUT2D eigenvalue weighted by Gasteiger charge is 2.26. The van der Waals surface area contributed by atoms with Gasteiger partial charge in [0.15, 0.2) is 0 Å². The first-order chi connectivity index (χ1) is 10.9. The predicted octanol–water partition coefficient (Wildman–Crippen LogP) is 4.08. The lowest BCUT2D eigenvalue weighted by molar-refractivity contribution is -0.147. The number of rotatable bonds is 14. The number of carboxylic acid groups (broad SMARTS) is 1. The molecule has 0 saturated carbocycles. The SMILES string of the molecule is [B]C(O)(CCCCCC(C)(C)C=O)CCCCCC(C)(C)C(=O)O. The summed E-state index contributed by atoms with van der Waals surface area (Å²) in [6.45, 7) is 7.34. The Morgan fingerprint density at radius 3 is 1.71 bits per heavy atom. The molecular formula is C19H35BO4. The zero-order chi connectivity index (χ0) is 18.9. The average molecular weight is 338 g/mol. The Balaban J connectivity index is 3.79. The molecule has 0 aliphatic rings. The third-order valence-electron chi connectivity index (χ3n) is 4.74. The minimum absolute atomic E-state index is 0.261. The second-order valence-electron chi connectivity index (χ2n) is 8.52. The molecule has 1 atom stereocenters. The third-order valence-corrected chi connectivity index (χ3v) is 4.74. The summed E-state index contributed by atoms with van der Waals surface area (Å²) < 4.78 is 0. The van der Waals surface area contributed by atoms with Crippen molar-refractivity contribution in [3.63, 3.8) is 0 Å².